The smallest absolute Gasteiger partial charge is 0.230 e. The fourth-order valence-corrected chi connectivity index (χ4v) is 4.31. The number of carbonyl (C=O) groups excluding carboxylic acids is 2. The van der Waals surface area contributed by atoms with Gasteiger partial charge in [0.1, 0.15) is 22.9 Å². The van der Waals surface area contributed by atoms with E-state index in [0.29, 0.717) is 29.5 Å². The highest BCUT2D eigenvalue weighted by Crippen LogP contribution is 2.34. The van der Waals surface area contributed by atoms with Crippen LogP contribution in [0.15, 0.2) is 72.9 Å². The number of fused-ring (bicyclic) bond motifs is 1. The quantitative estimate of drug-likeness (QED) is 0.502. The second-order valence-electron chi connectivity index (χ2n) is 8.13. The predicted octanol–water partition coefficient (Wildman–Crippen LogP) is 4.31. The lowest BCUT2D eigenvalue weighted by molar-refractivity contribution is -0.122. The molecule has 0 radical (unpaired) electrons. The maximum Gasteiger partial charge on any atom is 0.230 e. The minimum Gasteiger partial charge on any atom is -0.495 e. The van der Waals surface area contributed by atoms with Gasteiger partial charge >= 0.3 is 0 Å². The lowest BCUT2D eigenvalue weighted by atomic mass is 10.1. The first-order valence-corrected chi connectivity index (χ1v) is 10.8. The molecular formula is C26H24N4O3. The Hall–Kier alpha value is -4.13. The number of aryl methyl sites for hydroxylation is 1. The number of methoxy groups -OCH3 is 1. The molecule has 166 valence electrons. The highest BCUT2D eigenvalue weighted by molar-refractivity contribution is 6.05. The van der Waals surface area contributed by atoms with Crippen molar-refractivity contribution in [3.63, 3.8) is 0 Å². The molecule has 2 amide bonds. The summed E-state index contributed by atoms with van der Waals surface area (Å²) in [5, 5.41) is 3.07. The Morgan fingerprint density at radius 3 is 2.61 bits per heavy atom. The van der Waals surface area contributed by atoms with Crippen molar-refractivity contribution in [3.05, 3.63) is 78.5 Å². The number of nitrogens with one attached hydrogen (secondary N) is 1. The minimum atomic E-state index is -0.485. The third-order valence-corrected chi connectivity index (χ3v) is 6.01. The summed E-state index contributed by atoms with van der Waals surface area (Å²) in [6.45, 7) is 2.28. The summed E-state index contributed by atoms with van der Waals surface area (Å²) in [5.41, 5.74) is 4.08. The van der Waals surface area contributed by atoms with Gasteiger partial charge in [-0.15, -0.1) is 0 Å². The Kier molecular flexibility index (Phi) is 5.30. The van der Waals surface area contributed by atoms with E-state index in [0.717, 1.165) is 16.8 Å². The van der Waals surface area contributed by atoms with Crippen LogP contribution in [-0.4, -0.2) is 34.9 Å². The van der Waals surface area contributed by atoms with Gasteiger partial charge in [-0.2, -0.15) is 0 Å². The van der Waals surface area contributed by atoms with Gasteiger partial charge in [0.15, 0.2) is 0 Å². The summed E-state index contributed by atoms with van der Waals surface area (Å²) in [4.78, 5) is 32.6. The third kappa shape index (κ3) is 3.71. The van der Waals surface area contributed by atoms with Gasteiger partial charge in [0.2, 0.25) is 11.8 Å². The second-order valence-corrected chi connectivity index (χ2v) is 8.13. The van der Waals surface area contributed by atoms with Crippen molar-refractivity contribution >= 4 is 29.0 Å². The zero-order valence-electron chi connectivity index (χ0n) is 18.5. The molecule has 1 atom stereocenters. The molecule has 0 saturated carbocycles. The summed E-state index contributed by atoms with van der Waals surface area (Å²) in [6.07, 6.45) is 2.03. The first kappa shape index (κ1) is 20.8. The minimum absolute atomic E-state index is 0.100. The summed E-state index contributed by atoms with van der Waals surface area (Å²) in [5.74, 6) is 0.420. The van der Waals surface area contributed by atoms with Gasteiger partial charge in [0.25, 0.3) is 0 Å². The van der Waals surface area contributed by atoms with Crippen molar-refractivity contribution in [2.45, 2.75) is 13.3 Å². The topological polar surface area (TPSA) is 75.9 Å². The molecule has 4 aromatic rings. The van der Waals surface area contributed by atoms with E-state index in [1.54, 1.807) is 12.0 Å². The number of nitrogens with zero attached hydrogens (tertiary/aromatic N) is 3. The van der Waals surface area contributed by atoms with Crippen LogP contribution >= 0.6 is 0 Å². The molecule has 2 aromatic heterocycles. The van der Waals surface area contributed by atoms with E-state index in [-0.39, 0.29) is 18.2 Å². The number of amides is 2. The molecule has 1 N–H and O–H groups in total. The number of pyridine rings is 1. The number of ether oxygens (including phenoxy) is 1. The van der Waals surface area contributed by atoms with Crippen LogP contribution in [0.2, 0.25) is 0 Å². The first-order chi connectivity index (χ1) is 16.1. The van der Waals surface area contributed by atoms with E-state index in [1.807, 2.05) is 84.3 Å². The molecule has 0 spiro atoms. The van der Waals surface area contributed by atoms with Crippen LogP contribution in [0.3, 0.4) is 0 Å². The molecular weight excluding hydrogens is 416 g/mol. The van der Waals surface area contributed by atoms with Crippen molar-refractivity contribution < 1.29 is 14.3 Å². The molecule has 7 nitrogen and oxygen atoms in total. The lowest BCUT2D eigenvalue weighted by Gasteiger charge is -2.19. The Morgan fingerprint density at radius 2 is 1.82 bits per heavy atom. The zero-order chi connectivity index (χ0) is 22.9. The standard InChI is InChI=1S/C26H24N4O3/c1-17-9-8-14-29-24(17)27-23(18-10-4-3-5-11-18)25(29)28-26(32)19-15-22(31)30(16-19)20-12-6-7-13-21(20)33-2/h3-14,19H,15-16H2,1-2H3,(H,28,32). The van der Waals surface area contributed by atoms with Crippen molar-refractivity contribution in [3.8, 4) is 17.0 Å². The van der Waals surface area contributed by atoms with Gasteiger partial charge in [0.05, 0.1) is 18.7 Å². The molecule has 0 aliphatic carbocycles. The molecule has 3 heterocycles. The number of para-hydroxylation sites is 2. The molecule has 33 heavy (non-hydrogen) atoms. The molecule has 5 rings (SSSR count). The maximum absolute atomic E-state index is 13.3. The van der Waals surface area contributed by atoms with E-state index in [2.05, 4.69) is 5.32 Å². The van der Waals surface area contributed by atoms with Gasteiger partial charge in [-0.1, -0.05) is 48.5 Å². The Balaban J connectivity index is 1.46. The highest BCUT2D eigenvalue weighted by atomic mass is 16.5. The highest BCUT2D eigenvalue weighted by Gasteiger charge is 2.37. The zero-order valence-corrected chi connectivity index (χ0v) is 18.5. The van der Waals surface area contributed by atoms with E-state index < -0.39 is 5.92 Å². The van der Waals surface area contributed by atoms with E-state index in [9.17, 15) is 9.59 Å². The van der Waals surface area contributed by atoms with E-state index in [1.165, 1.54) is 0 Å². The van der Waals surface area contributed by atoms with Crippen molar-refractivity contribution in [1.82, 2.24) is 9.38 Å². The molecule has 1 aliphatic rings. The number of carbonyl (C=O) groups is 2. The lowest BCUT2D eigenvalue weighted by Crippen LogP contribution is -2.28. The fourth-order valence-electron chi connectivity index (χ4n) is 4.31. The SMILES string of the molecule is COc1ccccc1N1CC(C(=O)Nc2c(-c3ccccc3)nc3c(C)cccn23)CC1=O. The summed E-state index contributed by atoms with van der Waals surface area (Å²) in [7, 11) is 1.57. The van der Waals surface area contributed by atoms with Crippen LogP contribution in [0.1, 0.15) is 12.0 Å². The van der Waals surface area contributed by atoms with E-state index in [4.69, 9.17) is 9.72 Å². The summed E-state index contributed by atoms with van der Waals surface area (Å²) >= 11 is 0. The average molecular weight is 441 g/mol. The van der Waals surface area contributed by atoms with Crippen LogP contribution < -0.4 is 15.0 Å². The molecule has 7 heteroatoms. The Morgan fingerprint density at radius 1 is 1.06 bits per heavy atom. The van der Waals surface area contributed by atoms with Gasteiger partial charge < -0.3 is 15.0 Å². The van der Waals surface area contributed by atoms with Crippen LogP contribution in [0.25, 0.3) is 16.9 Å². The van der Waals surface area contributed by atoms with Crippen molar-refractivity contribution in [1.29, 1.82) is 0 Å². The monoisotopic (exact) mass is 440 g/mol. The van der Waals surface area contributed by atoms with Crippen molar-refractivity contribution in [2.24, 2.45) is 5.92 Å². The number of rotatable bonds is 5. The van der Waals surface area contributed by atoms with Gasteiger partial charge in [-0.05, 0) is 30.7 Å². The second kappa shape index (κ2) is 8.43. The maximum atomic E-state index is 13.3. The number of hydrogen-bond acceptors (Lipinski definition) is 4. The third-order valence-electron chi connectivity index (χ3n) is 6.01. The molecule has 2 aromatic carbocycles. The number of imidazole rings is 1. The molecule has 1 fully saturated rings. The largest absolute Gasteiger partial charge is 0.495 e. The van der Waals surface area contributed by atoms with Gasteiger partial charge in [0, 0.05) is 24.7 Å². The number of aromatic nitrogens is 2. The van der Waals surface area contributed by atoms with Crippen LogP contribution in [-0.2, 0) is 9.59 Å². The summed E-state index contributed by atoms with van der Waals surface area (Å²) < 4.78 is 7.30. The van der Waals surface area contributed by atoms with Gasteiger partial charge in [-0.25, -0.2) is 4.98 Å². The van der Waals surface area contributed by atoms with Gasteiger partial charge in [-0.3, -0.25) is 14.0 Å². The molecule has 0 bridgehead atoms. The van der Waals surface area contributed by atoms with Crippen LogP contribution in [0.5, 0.6) is 5.75 Å². The summed E-state index contributed by atoms with van der Waals surface area (Å²) in [6, 6.07) is 21.0. The average Bonchev–Trinajstić information content (AvgIpc) is 3.41. The molecule has 1 aliphatic heterocycles. The number of hydrogen-bond donors (Lipinski definition) is 1. The predicted molar refractivity (Wildman–Crippen MR) is 127 cm³/mol. The first-order valence-electron chi connectivity index (χ1n) is 10.8. The fraction of sp³-hybridized carbons (Fsp3) is 0.192. The Labute approximate surface area is 191 Å². The molecule has 1 unspecified atom stereocenters. The van der Waals surface area contributed by atoms with Crippen LogP contribution in [0, 0.1) is 12.8 Å². The molecule has 1 saturated heterocycles. The Bertz CT molecular complexity index is 1350. The van der Waals surface area contributed by atoms with E-state index >= 15 is 0 Å². The number of benzene rings is 2. The normalized spacial score (nSPS) is 15.8. The number of anilines is 2. The van der Waals surface area contributed by atoms with Crippen molar-refractivity contribution in [2.75, 3.05) is 23.9 Å². The van der Waals surface area contributed by atoms with Crippen LogP contribution in [0.4, 0.5) is 11.5 Å².